The van der Waals surface area contributed by atoms with Gasteiger partial charge in [0.25, 0.3) is 5.91 Å². The van der Waals surface area contributed by atoms with Crippen LogP contribution in [0.2, 0.25) is 0 Å². The van der Waals surface area contributed by atoms with Gasteiger partial charge < -0.3 is 14.8 Å². The molecule has 4 rings (SSSR count). The summed E-state index contributed by atoms with van der Waals surface area (Å²) in [5, 5.41) is 2.85. The molecule has 1 saturated heterocycles. The molecule has 32 heavy (non-hydrogen) atoms. The predicted octanol–water partition coefficient (Wildman–Crippen LogP) is 4.65. The first kappa shape index (κ1) is 22.4. The standard InChI is InChI=1S/C24H23BrFN3O3/c25-22-13-21(24(30)28-20-2-1-7-27-14-20)23(32-16-17-3-5-19(26)6-4-17)12-18(22)15-29-8-10-31-11-9-29/h1-7,12-14H,8-11,15-16H2,(H,28,30). The highest BCUT2D eigenvalue weighted by molar-refractivity contribution is 9.10. The first-order valence-electron chi connectivity index (χ1n) is 10.3. The van der Waals surface area contributed by atoms with E-state index in [-0.39, 0.29) is 18.3 Å². The van der Waals surface area contributed by atoms with Crippen LogP contribution in [-0.4, -0.2) is 42.1 Å². The second-order valence-corrected chi connectivity index (χ2v) is 8.29. The molecule has 0 bridgehead atoms. The first-order chi connectivity index (χ1) is 15.6. The van der Waals surface area contributed by atoms with Gasteiger partial charge in [-0.05, 0) is 47.5 Å². The lowest BCUT2D eigenvalue weighted by Crippen LogP contribution is -2.35. The van der Waals surface area contributed by atoms with Gasteiger partial charge in [-0.1, -0.05) is 28.1 Å². The summed E-state index contributed by atoms with van der Waals surface area (Å²) < 4.78 is 25.5. The van der Waals surface area contributed by atoms with Gasteiger partial charge in [-0.15, -0.1) is 0 Å². The SMILES string of the molecule is O=C(Nc1cccnc1)c1cc(Br)c(CN2CCOCC2)cc1OCc1ccc(F)cc1. The van der Waals surface area contributed by atoms with Crippen LogP contribution in [0.25, 0.3) is 0 Å². The Labute approximate surface area is 194 Å². The van der Waals surface area contributed by atoms with E-state index in [0.717, 1.165) is 28.7 Å². The molecule has 1 N–H and O–H groups in total. The van der Waals surface area contributed by atoms with Crippen LogP contribution in [0, 0.1) is 5.82 Å². The van der Waals surface area contributed by atoms with Gasteiger partial charge in [0.15, 0.2) is 0 Å². The van der Waals surface area contributed by atoms with Crippen LogP contribution < -0.4 is 10.1 Å². The van der Waals surface area contributed by atoms with Crippen molar-refractivity contribution in [2.45, 2.75) is 13.2 Å². The molecule has 2 aromatic carbocycles. The minimum Gasteiger partial charge on any atom is -0.488 e. The molecule has 2 heterocycles. The fourth-order valence-corrected chi connectivity index (χ4v) is 3.86. The van der Waals surface area contributed by atoms with Crippen molar-refractivity contribution < 1.29 is 18.7 Å². The molecule has 1 fully saturated rings. The van der Waals surface area contributed by atoms with E-state index in [4.69, 9.17) is 9.47 Å². The number of carbonyl (C=O) groups excluding carboxylic acids is 1. The molecule has 0 atom stereocenters. The Balaban J connectivity index is 1.59. The topological polar surface area (TPSA) is 63.7 Å². The lowest BCUT2D eigenvalue weighted by atomic mass is 10.1. The maximum absolute atomic E-state index is 13.2. The highest BCUT2D eigenvalue weighted by Crippen LogP contribution is 2.30. The minimum absolute atomic E-state index is 0.214. The average Bonchev–Trinajstić information content (AvgIpc) is 2.81. The lowest BCUT2D eigenvalue weighted by Gasteiger charge is -2.27. The van der Waals surface area contributed by atoms with Crippen molar-refractivity contribution in [2.75, 3.05) is 31.6 Å². The summed E-state index contributed by atoms with van der Waals surface area (Å²) >= 11 is 3.62. The maximum Gasteiger partial charge on any atom is 0.259 e. The summed E-state index contributed by atoms with van der Waals surface area (Å²) in [6.45, 7) is 4.03. The van der Waals surface area contributed by atoms with Gasteiger partial charge in [0.05, 0.1) is 30.7 Å². The highest BCUT2D eigenvalue weighted by atomic mass is 79.9. The maximum atomic E-state index is 13.2. The summed E-state index contributed by atoms with van der Waals surface area (Å²) in [7, 11) is 0. The van der Waals surface area contributed by atoms with Crippen LogP contribution in [0.15, 0.2) is 65.4 Å². The molecule has 1 aliphatic rings. The van der Waals surface area contributed by atoms with Crippen molar-refractivity contribution >= 4 is 27.5 Å². The van der Waals surface area contributed by atoms with Crippen LogP contribution in [0.5, 0.6) is 5.75 Å². The molecule has 166 valence electrons. The van der Waals surface area contributed by atoms with E-state index in [1.54, 1.807) is 42.7 Å². The first-order valence-corrected chi connectivity index (χ1v) is 11.1. The molecule has 0 radical (unpaired) electrons. The van der Waals surface area contributed by atoms with E-state index in [1.807, 2.05) is 6.07 Å². The van der Waals surface area contributed by atoms with Crippen molar-refractivity contribution in [3.8, 4) is 5.75 Å². The zero-order valence-corrected chi connectivity index (χ0v) is 19.0. The molecule has 0 aliphatic carbocycles. The third-order valence-electron chi connectivity index (χ3n) is 5.12. The quantitative estimate of drug-likeness (QED) is 0.512. The molecule has 1 amide bonds. The summed E-state index contributed by atoms with van der Waals surface area (Å²) in [6.07, 6.45) is 3.22. The zero-order valence-electron chi connectivity index (χ0n) is 17.4. The normalized spacial score (nSPS) is 14.2. The molecule has 3 aromatic rings. The predicted molar refractivity (Wildman–Crippen MR) is 123 cm³/mol. The summed E-state index contributed by atoms with van der Waals surface area (Å²) in [5.41, 5.74) is 2.81. The summed E-state index contributed by atoms with van der Waals surface area (Å²) in [5.74, 6) is -0.144. The van der Waals surface area contributed by atoms with E-state index in [2.05, 4.69) is 31.1 Å². The number of morpholine rings is 1. The molecule has 8 heteroatoms. The van der Waals surface area contributed by atoms with Crippen LogP contribution in [-0.2, 0) is 17.9 Å². The Kier molecular flexibility index (Phi) is 7.47. The number of nitrogens with one attached hydrogen (secondary N) is 1. The number of amides is 1. The van der Waals surface area contributed by atoms with E-state index < -0.39 is 0 Å². The van der Waals surface area contributed by atoms with E-state index in [1.165, 1.54) is 12.1 Å². The van der Waals surface area contributed by atoms with Gasteiger partial charge in [-0.25, -0.2) is 4.39 Å². The van der Waals surface area contributed by atoms with Crippen molar-refractivity contribution in [2.24, 2.45) is 0 Å². The van der Waals surface area contributed by atoms with Crippen molar-refractivity contribution in [1.82, 2.24) is 9.88 Å². The van der Waals surface area contributed by atoms with E-state index in [0.29, 0.717) is 36.8 Å². The Morgan fingerprint density at radius 3 is 2.69 bits per heavy atom. The molecule has 1 aliphatic heterocycles. The van der Waals surface area contributed by atoms with Gasteiger partial charge in [-0.3, -0.25) is 14.7 Å². The number of rotatable bonds is 7. The lowest BCUT2D eigenvalue weighted by molar-refractivity contribution is 0.0340. The Hall–Kier alpha value is -2.81. The molecule has 6 nitrogen and oxygen atoms in total. The largest absolute Gasteiger partial charge is 0.488 e. The van der Waals surface area contributed by atoms with Crippen molar-refractivity contribution in [3.63, 3.8) is 0 Å². The van der Waals surface area contributed by atoms with Crippen LogP contribution >= 0.6 is 15.9 Å². The van der Waals surface area contributed by atoms with Crippen LogP contribution in [0.1, 0.15) is 21.5 Å². The third-order valence-corrected chi connectivity index (χ3v) is 5.86. The number of anilines is 1. The number of pyridine rings is 1. The van der Waals surface area contributed by atoms with E-state index >= 15 is 0 Å². The zero-order chi connectivity index (χ0) is 22.3. The minimum atomic E-state index is -0.304. The molecule has 1 aromatic heterocycles. The number of halogens is 2. The van der Waals surface area contributed by atoms with Gasteiger partial charge in [-0.2, -0.15) is 0 Å². The van der Waals surface area contributed by atoms with Crippen LogP contribution in [0.4, 0.5) is 10.1 Å². The number of carbonyl (C=O) groups is 1. The van der Waals surface area contributed by atoms with Crippen LogP contribution in [0.3, 0.4) is 0 Å². The van der Waals surface area contributed by atoms with Gasteiger partial charge in [0.2, 0.25) is 0 Å². The van der Waals surface area contributed by atoms with Gasteiger partial charge >= 0.3 is 0 Å². The Morgan fingerprint density at radius 1 is 1.19 bits per heavy atom. The molecular formula is C24H23BrFN3O3. The molecule has 0 unspecified atom stereocenters. The fourth-order valence-electron chi connectivity index (χ4n) is 3.39. The Morgan fingerprint density at radius 2 is 1.97 bits per heavy atom. The second kappa shape index (κ2) is 10.7. The number of ether oxygens (including phenoxy) is 2. The fraction of sp³-hybridized carbons (Fsp3) is 0.250. The van der Waals surface area contributed by atoms with Gasteiger partial charge in [0.1, 0.15) is 18.2 Å². The smallest absolute Gasteiger partial charge is 0.259 e. The number of hydrogen-bond donors (Lipinski definition) is 1. The highest BCUT2D eigenvalue weighted by Gasteiger charge is 2.19. The number of nitrogens with zero attached hydrogens (tertiary/aromatic N) is 2. The Bertz CT molecular complexity index is 1060. The van der Waals surface area contributed by atoms with Crippen molar-refractivity contribution in [3.05, 3.63) is 87.9 Å². The number of benzene rings is 2. The van der Waals surface area contributed by atoms with Crippen molar-refractivity contribution in [1.29, 1.82) is 0 Å². The molecule has 0 saturated carbocycles. The third kappa shape index (κ3) is 5.91. The average molecular weight is 500 g/mol. The van der Waals surface area contributed by atoms with Gasteiger partial charge in [0, 0.05) is 30.3 Å². The van der Waals surface area contributed by atoms with E-state index in [9.17, 15) is 9.18 Å². The monoisotopic (exact) mass is 499 g/mol. The molecule has 0 spiro atoms. The second-order valence-electron chi connectivity index (χ2n) is 7.44. The number of hydrogen-bond acceptors (Lipinski definition) is 5. The molecular weight excluding hydrogens is 477 g/mol. The summed E-state index contributed by atoms with van der Waals surface area (Å²) in [6, 6.07) is 13.3. The summed E-state index contributed by atoms with van der Waals surface area (Å²) in [4.78, 5) is 19.4. The number of aromatic nitrogens is 1.